The van der Waals surface area contributed by atoms with Gasteiger partial charge in [0, 0.05) is 6.04 Å². The van der Waals surface area contributed by atoms with E-state index in [-0.39, 0.29) is 17.4 Å². The maximum absolute atomic E-state index is 13.0. The van der Waals surface area contributed by atoms with E-state index in [0.29, 0.717) is 21.7 Å². The molecule has 0 aliphatic heterocycles. The minimum Gasteiger partial charge on any atom is -0.336 e. The number of aromatic nitrogens is 2. The number of benzene rings is 2. The number of hydrogen-bond acceptors (Lipinski definition) is 5. The van der Waals surface area contributed by atoms with Crippen LogP contribution in [0.4, 0.5) is 4.79 Å². The summed E-state index contributed by atoms with van der Waals surface area (Å²) in [5, 5.41) is 5.74. The van der Waals surface area contributed by atoms with Crippen molar-refractivity contribution in [3.8, 4) is 5.69 Å². The first-order valence-electron chi connectivity index (χ1n) is 8.76. The highest BCUT2D eigenvalue weighted by atomic mass is 32.2. The van der Waals surface area contributed by atoms with Crippen LogP contribution < -0.4 is 16.2 Å². The second kappa shape index (κ2) is 8.71. The lowest BCUT2D eigenvalue weighted by Gasteiger charge is -2.13. The molecule has 0 spiro atoms. The average molecular weight is 396 g/mol. The van der Waals surface area contributed by atoms with Crippen LogP contribution in [0.15, 0.2) is 64.5 Å². The lowest BCUT2D eigenvalue weighted by atomic mass is 10.2. The maximum atomic E-state index is 13.0. The van der Waals surface area contributed by atoms with Crippen molar-refractivity contribution in [2.45, 2.75) is 25.0 Å². The van der Waals surface area contributed by atoms with Crippen LogP contribution in [0, 0.1) is 0 Å². The van der Waals surface area contributed by atoms with Gasteiger partial charge in [-0.15, -0.1) is 0 Å². The summed E-state index contributed by atoms with van der Waals surface area (Å²) >= 11 is 1.10. The highest BCUT2D eigenvalue weighted by Crippen LogP contribution is 2.21. The number of imide groups is 1. The van der Waals surface area contributed by atoms with Crippen LogP contribution in [0.3, 0.4) is 0 Å². The molecule has 144 valence electrons. The third kappa shape index (κ3) is 4.58. The van der Waals surface area contributed by atoms with Gasteiger partial charge in [0.15, 0.2) is 5.16 Å². The van der Waals surface area contributed by atoms with Crippen molar-refractivity contribution in [1.29, 1.82) is 0 Å². The van der Waals surface area contributed by atoms with Crippen LogP contribution in [-0.4, -0.2) is 33.3 Å². The predicted octanol–water partition coefficient (Wildman–Crippen LogP) is 2.71. The standard InChI is InChI=1S/C20H20N4O3S/c1-13(2)21-19(27)23-17(25)12-28-20-22-16-11-7-6-10-15(16)18(26)24(20)14-8-4-3-5-9-14/h3-11,13H,12H2,1-2H3,(H2,21,23,25,27). The molecule has 3 aromatic rings. The van der Waals surface area contributed by atoms with Crippen LogP contribution in [0.1, 0.15) is 13.8 Å². The zero-order chi connectivity index (χ0) is 20.1. The molecule has 0 saturated carbocycles. The number of rotatable bonds is 5. The van der Waals surface area contributed by atoms with E-state index in [0.717, 1.165) is 11.8 Å². The topological polar surface area (TPSA) is 93.1 Å². The van der Waals surface area contributed by atoms with Crippen molar-refractivity contribution >= 4 is 34.6 Å². The number of carbonyl (C=O) groups is 2. The second-order valence-corrected chi connectivity index (χ2v) is 7.30. The fourth-order valence-electron chi connectivity index (χ4n) is 2.61. The molecule has 8 heteroatoms. The molecular weight excluding hydrogens is 376 g/mol. The summed E-state index contributed by atoms with van der Waals surface area (Å²) < 4.78 is 1.48. The molecule has 0 bridgehead atoms. The first-order valence-corrected chi connectivity index (χ1v) is 9.74. The first kappa shape index (κ1) is 19.6. The molecule has 0 unspecified atom stereocenters. The quantitative estimate of drug-likeness (QED) is 0.511. The minimum absolute atomic E-state index is 0.0525. The van der Waals surface area contributed by atoms with E-state index in [4.69, 9.17) is 0 Å². The highest BCUT2D eigenvalue weighted by Gasteiger charge is 2.15. The highest BCUT2D eigenvalue weighted by molar-refractivity contribution is 7.99. The van der Waals surface area contributed by atoms with Gasteiger partial charge in [0.05, 0.1) is 22.3 Å². The smallest absolute Gasteiger partial charge is 0.321 e. The number of nitrogens with one attached hydrogen (secondary N) is 2. The number of fused-ring (bicyclic) bond motifs is 1. The normalized spacial score (nSPS) is 10.8. The van der Waals surface area contributed by atoms with Crippen LogP contribution in [0.5, 0.6) is 0 Å². The molecule has 1 heterocycles. The molecule has 7 nitrogen and oxygen atoms in total. The Morgan fingerprint density at radius 2 is 1.75 bits per heavy atom. The summed E-state index contributed by atoms with van der Waals surface area (Å²) in [6, 6.07) is 15.6. The van der Waals surface area contributed by atoms with Crippen LogP contribution in [0.25, 0.3) is 16.6 Å². The van der Waals surface area contributed by atoms with Gasteiger partial charge < -0.3 is 5.32 Å². The molecule has 28 heavy (non-hydrogen) atoms. The Labute approximate surface area is 166 Å². The van der Waals surface area contributed by atoms with Crippen LogP contribution >= 0.6 is 11.8 Å². The molecule has 0 fully saturated rings. The third-order valence-electron chi connectivity index (χ3n) is 3.76. The van der Waals surface area contributed by atoms with Gasteiger partial charge in [0.25, 0.3) is 5.56 Å². The lowest BCUT2D eigenvalue weighted by Crippen LogP contribution is -2.43. The molecule has 2 aromatic carbocycles. The summed E-state index contributed by atoms with van der Waals surface area (Å²) in [4.78, 5) is 41.4. The van der Waals surface area contributed by atoms with E-state index in [1.165, 1.54) is 4.57 Å². The van der Waals surface area contributed by atoms with Gasteiger partial charge in [-0.3, -0.25) is 19.5 Å². The lowest BCUT2D eigenvalue weighted by molar-refractivity contribution is -0.117. The number of amides is 3. The Hall–Kier alpha value is -3.13. The van der Waals surface area contributed by atoms with Crippen molar-refractivity contribution in [3.05, 3.63) is 65.0 Å². The fourth-order valence-corrected chi connectivity index (χ4v) is 3.42. The number of urea groups is 1. The van der Waals surface area contributed by atoms with E-state index in [9.17, 15) is 14.4 Å². The third-order valence-corrected chi connectivity index (χ3v) is 4.70. The maximum Gasteiger partial charge on any atom is 0.321 e. The Kier molecular flexibility index (Phi) is 6.10. The van der Waals surface area contributed by atoms with Gasteiger partial charge in [-0.25, -0.2) is 9.78 Å². The molecule has 0 aliphatic rings. The molecular formula is C20H20N4O3S. The molecule has 0 aliphatic carbocycles. The SMILES string of the molecule is CC(C)NC(=O)NC(=O)CSc1nc2ccccc2c(=O)n1-c1ccccc1. The van der Waals surface area contributed by atoms with Gasteiger partial charge in [-0.2, -0.15) is 0 Å². The van der Waals surface area contributed by atoms with Crippen molar-refractivity contribution in [1.82, 2.24) is 20.2 Å². The van der Waals surface area contributed by atoms with Crippen LogP contribution in [0.2, 0.25) is 0 Å². The minimum atomic E-state index is -0.549. The molecule has 0 atom stereocenters. The Bertz CT molecular complexity index is 1060. The summed E-state index contributed by atoms with van der Waals surface area (Å²) in [6.45, 7) is 3.60. The number of para-hydroxylation sites is 2. The summed E-state index contributed by atoms with van der Waals surface area (Å²) in [5.74, 6) is -0.520. The molecule has 2 N–H and O–H groups in total. The zero-order valence-corrected chi connectivity index (χ0v) is 16.3. The van der Waals surface area contributed by atoms with E-state index in [2.05, 4.69) is 15.6 Å². The second-order valence-electron chi connectivity index (χ2n) is 6.35. The number of thioether (sulfide) groups is 1. The van der Waals surface area contributed by atoms with Crippen molar-refractivity contribution < 1.29 is 9.59 Å². The van der Waals surface area contributed by atoms with Gasteiger partial charge >= 0.3 is 6.03 Å². The van der Waals surface area contributed by atoms with E-state index >= 15 is 0 Å². The van der Waals surface area contributed by atoms with Crippen LogP contribution in [-0.2, 0) is 4.79 Å². The van der Waals surface area contributed by atoms with Gasteiger partial charge in [0.2, 0.25) is 5.91 Å². The Morgan fingerprint density at radius 1 is 1.07 bits per heavy atom. The molecule has 3 rings (SSSR count). The van der Waals surface area contributed by atoms with Gasteiger partial charge in [-0.1, -0.05) is 42.1 Å². The van der Waals surface area contributed by atoms with Gasteiger partial charge in [-0.05, 0) is 38.1 Å². The summed E-state index contributed by atoms with van der Waals surface area (Å²) in [7, 11) is 0. The molecule has 0 radical (unpaired) electrons. The Balaban J connectivity index is 1.91. The van der Waals surface area contributed by atoms with Crippen molar-refractivity contribution in [2.24, 2.45) is 0 Å². The number of hydrogen-bond donors (Lipinski definition) is 2. The average Bonchev–Trinajstić information content (AvgIpc) is 2.66. The molecule has 0 saturated heterocycles. The molecule has 1 aromatic heterocycles. The first-order chi connectivity index (χ1) is 13.5. The van der Waals surface area contributed by atoms with E-state index < -0.39 is 11.9 Å². The van der Waals surface area contributed by atoms with E-state index in [1.807, 2.05) is 18.2 Å². The summed E-state index contributed by atoms with van der Waals surface area (Å²) in [6.07, 6.45) is 0. The van der Waals surface area contributed by atoms with E-state index in [1.54, 1.807) is 50.2 Å². The molecule has 3 amide bonds. The zero-order valence-electron chi connectivity index (χ0n) is 15.5. The Morgan fingerprint density at radius 3 is 2.46 bits per heavy atom. The number of carbonyl (C=O) groups excluding carboxylic acids is 2. The monoisotopic (exact) mass is 396 g/mol. The summed E-state index contributed by atoms with van der Waals surface area (Å²) in [5.41, 5.74) is 1.00. The van der Waals surface area contributed by atoms with Crippen molar-refractivity contribution in [3.63, 3.8) is 0 Å². The van der Waals surface area contributed by atoms with Gasteiger partial charge in [0.1, 0.15) is 0 Å². The number of nitrogens with zero attached hydrogens (tertiary/aromatic N) is 2. The predicted molar refractivity (Wildman–Crippen MR) is 110 cm³/mol. The van der Waals surface area contributed by atoms with Crippen molar-refractivity contribution in [2.75, 3.05) is 5.75 Å². The largest absolute Gasteiger partial charge is 0.336 e. The fraction of sp³-hybridized carbons (Fsp3) is 0.200.